The smallest absolute Gasteiger partial charge is 0.305 e. The topological polar surface area (TPSA) is 63.6 Å². The summed E-state index contributed by atoms with van der Waals surface area (Å²) in [5, 5.41) is 9.37. The second-order valence-electron chi connectivity index (χ2n) is 2.94. The maximum atomic E-state index is 10.7. The third-order valence-electron chi connectivity index (χ3n) is 1.74. The number of carbonyl (C=O) groups is 2. The Labute approximate surface area is 89.2 Å². The van der Waals surface area contributed by atoms with Crippen LogP contribution >= 0.6 is 0 Å². The Morgan fingerprint density at radius 1 is 1.40 bits per heavy atom. The van der Waals surface area contributed by atoms with Gasteiger partial charge in [-0.1, -0.05) is 18.2 Å². The minimum absolute atomic E-state index is 0.271. The number of esters is 1. The molecular formula is C11H16O4. The van der Waals surface area contributed by atoms with Crippen LogP contribution in [-0.2, 0) is 14.3 Å². The summed E-state index contributed by atoms with van der Waals surface area (Å²) < 4.78 is 4.46. The Balaban J connectivity index is 3.60. The molecule has 0 spiro atoms. The molecule has 0 aromatic carbocycles. The first-order chi connectivity index (χ1) is 7.20. The lowest BCUT2D eigenvalue weighted by Gasteiger charge is -2.03. The molecule has 4 nitrogen and oxygen atoms in total. The summed E-state index contributed by atoms with van der Waals surface area (Å²) in [4.78, 5) is 20.6. The van der Waals surface area contributed by atoms with Gasteiger partial charge in [-0.05, 0) is 18.9 Å². The van der Waals surface area contributed by atoms with Gasteiger partial charge in [0.05, 0.1) is 13.2 Å². The Kier molecular flexibility index (Phi) is 8.28. The molecule has 15 heavy (non-hydrogen) atoms. The van der Waals surface area contributed by atoms with Crippen molar-refractivity contribution in [3.63, 3.8) is 0 Å². The molecule has 0 aromatic heterocycles. The normalized spacial score (nSPS) is 13.2. The average molecular weight is 212 g/mol. The summed E-state index contributed by atoms with van der Waals surface area (Å²) in [7, 11) is 1.34. The van der Waals surface area contributed by atoms with Crippen LogP contribution < -0.4 is 0 Å². The van der Waals surface area contributed by atoms with Crippen molar-refractivity contribution in [1.82, 2.24) is 0 Å². The highest BCUT2D eigenvalue weighted by Gasteiger charge is 2.02. The summed E-state index contributed by atoms with van der Waals surface area (Å²) in [6.07, 6.45) is 7.49. The van der Waals surface area contributed by atoms with Crippen LogP contribution in [0.1, 0.15) is 19.3 Å². The van der Waals surface area contributed by atoms with E-state index in [4.69, 9.17) is 0 Å². The minimum atomic E-state index is -0.592. The molecule has 0 radical (unpaired) electrons. The highest BCUT2D eigenvalue weighted by atomic mass is 16.5. The van der Waals surface area contributed by atoms with Gasteiger partial charge in [0.25, 0.3) is 0 Å². The molecule has 1 unspecified atom stereocenters. The Hall–Kier alpha value is -1.42. The van der Waals surface area contributed by atoms with Crippen molar-refractivity contribution >= 4 is 12.3 Å². The lowest BCUT2D eigenvalue weighted by Crippen LogP contribution is -2.05. The number of methoxy groups -OCH3 is 1. The first-order valence-electron chi connectivity index (χ1n) is 4.74. The van der Waals surface area contributed by atoms with Gasteiger partial charge in [0.15, 0.2) is 0 Å². The largest absolute Gasteiger partial charge is 0.469 e. The fraction of sp³-hybridized carbons (Fsp3) is 0.455. The van der Waals surface area contributed by atoms with Crippen molar-refractivity contribution in [2.75, 3.05) is 7.11 Å². The number of aliphatic hydroxyl groups is 1. The molecule has 0 amide bonds. The average Bonchev–Trinajstić information content (AvgIpc) is 2.24. The number of hydrogen-bond acceptors (Lipinski definition) is 4. The summed E-state index contributed by atoms with van der Waals surface area (Å²) >= 11 is 0. The van der Waals surface area contributed by atoms with Crippen LogP contribution in [0.25, 0.3) is 0 Å². The van der Waals surface area contributed by atoms with Gasteiger partial charge in [-0.15, -0.1) is 0 Å². The van der Waals surface area contributed by atoms with Crippen molar-refractivity contribution in [1.29, 1.82) is 0 Å². The first kappa shape index (κ1) is 13.6. The fourth-order valence-corrected chi connectivity index (χ4v) is 0.956. The number of carbonyl (C=O) groups excluding carboxylic acids is 2. The van der Waals surface area contributed by atoms with Crippen molar-refractivity contribution < 1.29 is 19.4 Å². The molecule has 0 aliphatic rings. The van der Waals surface area contributed by atoms with Crippen LogP contribution in [0.5, 0.6) is 0 Å². The van der Waals surface area contributed by atoms with Gasteiger partial charge >= 0.3 is 5.97 Å². The highest BCUT2D eigenvalue weighted by Crippen LogP contribution is 2.03. The third-order valence-corrected chi connectivity index (χ3v) is 1.74. The SMILES string of the molecule is COC(=O)CCCC(O)/C=C\C=C\C=O. The number of ether oxygens (including phenoxy) is 1. The molecule has 1 atom stereocenters. The molecule has 1 N–H and O–H groups in total. The third kappa shape index (κ3) is 8.90. The van der Waals surface area contributed by atoms with E-state index in [9.17, 15) is 14.7 Å². The number of allylic oxidation sites excluding steroid dienone is 3. The zero-order valence-electron chi connectivity index (χ0n) is 8.76. The molecule has 4 heteroatoms. The quantitative estimate of drug-likeness (QED) is 0.296. The Bertz CT molecular complexity index is 243. The second-order valence-corrected chi connectivity index (χ2v) is 2.94. The van der Waals surface area contributed by atoms with Gasteiger partial charge < -0.3 is 9.84 Å². The Morgan fingerprint density at radius 2 is 2.13 bits per heavy atom. The summed E-state index contributed by atoms with van der Waals surface area (Å²) in [5.41, 5.74) is 0. The van der Waals surface area contributed by atoms with Crippen LogP contribution in [-0.4, -0.2) is 30.6 Å². The van der Waals surface area contributed by atoms with E-state index in [1.165, 1.54) is 19.3 Å². The van der Waals surface area contributed by atoms with E-state index in [1.807, 2.05) is 0 Å². The molecule has 0 heterocycles. The molecule has 0 aliphatic carbocycles. The number of aliphatic hydroxyl groups excluding tert-OH is 1. The van der Waals surface area contributed by atoms with Crippen molar-refractivity contribution in [3.8, 4) is 0 Å². The van der Waals surface area contributed by atoms with Gasteiger partial charge in [-0.2, -0.15) is 0 Å². The molecule has 0 aromatic rings. The van der Waals surface area contributed by atoms with Crippen molar-refractivity contribution in [2.45, 2.75) is 25.4 Å². The molecule has 0 aliphatic heterocycles. The van der Waals surface area contributed by atoms with Gasteiger partial charge in [0, 0.05) is 6.42 Å². The fourth-order valence-electron chi connectivity index (χ4n) is 0.956. The molecule has 0 saturated heterocycles. The monoisotopic (exact) mass is 212 g/mol. The predicted molar refractivity (Wildman–Crippen MR) is 56.2 cm³/mol. The van der Waals surface area contributed by atoms with Crippen molar-refractivity contribution in [3.05, 3.63) is 24.3 Å². The maximum absolute atomic E-state index is 10.7. The Morgan fingerprint density at radius 3 is 2.73 bits per heavy atom. The molecule has 84 valence electrons. The maximum Gasteiger partial charge on any atom is 0.305 e. The van der Waals surface area contributed by atoms with Crippen LogP contribution in [0.3, 0.4) is 0 Å². The van der Waals surface area contributed by atoms with E-state index < -0.39 is 6.10 Å². The lowest BCUT2D eigenvalue weighted by atomic mass is 10.1. The summed E-state index contributed by atoms with van der Waals surface area (Å²) in [6, 6.07) is 0. The van der Waals surface area contributed by atoms with Crippen molar-refractivity contribution in [2.24, 2.45) is 0 Å². The molecule has 0 rings (SSSR count). The summed E-state index contributed by atoms with van der Waals surface area (Å²) in [5.74, 6) is -0.271. The van der Waals surface area contributed by atoms with Gasteiger partial charge in [0.2, 0.25) is 0 Å². The highest BCUT2D eigenvalue weighted by molar-refractivity contribution is 5.69. The molecule has 0 saturated carbocycles. The van der Waals surface area contributed by atoms with E-state index >= 15 is 0 Å². The number of aldehydes is 1. The second kappa shape index (κ2) is 9.15. The standard InChI is InChI=1S/C11H16O4/c1-15-11(14)8-5-7-10(13)6-3-2-4-9-12/h2-4,6,9-10,13H,5,7-8H2,1H3/b4-2+,6-3-. The molecule has 0 bridgehead atoms. The van der Waals surface area contributed by atoms with E-state index in [0.717, 1.165) is 0 Å². The van der Waals surface area contributed by atoms with Gasteiger partial charge in [-0.3, -0.25) is 9.59 Å². The minimum Gasteiger partial charge on any atom is -0.469 e. The van der Waals surface area contributed by atoms with E-state index in [2.05, 4.69) is 4.74 Å². The summed E-state index contributed by atoms with van der Waals surface area (Å²) in [6.45, 7) is 0. The predicted octanol–water partition coefficient (Wildman–Crippen LogP) is 1.00. The van der Waals surface area contributed by atoms with Gasteiger partial charge in [-0.25, -0.2) is 0 Å². The molecular weight excluding hydrogens is 196 g/mol. The van der Waals surface area contributed by atoms with E-state index in [-0.39, 0.29) is 5.97 Å². The van der Waals surface area contributed by atoms with Crippen LogP contribution in [0.4, 0.5) is 0 Å². The lowest BCUT2D eigenvalue weighted by molar-refractivity contribution is -0.140. The number of hydrogen-bond donors (Lipinski definition) is 1. The van der Waals surface area contributed by atoms with Crippen LogP contribution in [0, 0.1) is 0 Å². The van der Waals surface area contributed by atoms with Gasteiger partial charge in [0.1, 0.15) is 6.29 Å². The zero-order valence-corrected chi connectivity index (χ0v) is 8.76. The zero-order chi connectivity index (χ0) is 11.5. The molecule has 0 fully saturated rings. The van der Waals surface area contributed by atoms with Crippen LogP contribution in [0.15, 0.2) is 24.3 Å². The van der Waals surface area contributed by atoms with E-state index in [1.54, 1.807) is 12.2 Å². The van der Waals surface area contributed by atoms with Crippen LogP contribution in [0.2, 0.25) is 0 Å². The number of rotatable bonds is 7. The first-order valence-corrected chi connectivity index (χ1v) is 4.74. The van der Waals surface area contributed by atoms with E-state index in [0.29, 0.717) is 25.5 Å².